The molecule has 1 fully saturated rings. The standard InChI is InChI=1S/C14H22IN3O/c1-9-5-4-6-10(7-9)13-17-11(8-19-3)12(15)14(16-2)18-13/h9-10H,4-8H2,1-3H3,(H,16,17,18). The highest BCUT2D eigenvalue weighted by Crippen LogP contribution is 2.35. The second-order valence-corrected chi connectivity index (χ2v) is 6.42. The third-order valence-corrected chi connectivity index (χ3v) is 4.89. The molecule has 0 bridgehead atoms. The molecule has 4 nitrogen and oxygen atoms in total. The molecule has 1 aromatic heterocycles. The number of anilines is 1. The van der Waals surface area contributed by atoms with Crippen molar-refractivity contribution in [1.82, 2.24) is 9.97 Å². The molecule has 19 heavy (non-hydrogen) atoms. The summed E-state index contributed by atoms with van der Waals surface area (Å²) in [5.74, 6) is 3.20. The molecule has 2 rings (SSSR count). The van der Waals surface area contributed by atoms with E-state index in [1.54, 1.807) is 7.11 Å². The van der Waals surface area contributed by atoms with Gasteiger partial charge in [-0.25, -0.2) is 9.97 Å². The van der Waals surface area contributed by atoms with Gasteiger partial charge in [0.25, 0.3) is 0 Å². The smallest absolute Gasteiger partial charge is 0.143 e. The van der Waals surface area contributed by atoms with E-state index in [9.17, 15) is 0 Å². The van der Waals surface area contributed by atoms with Gasteiger partial charge in [-0.05, 0) is 41.4 Å². The average Bonchev–Trinajstić information content (AvgIpc) is 2.41. The van der Waals surface area contributed by atoms with Crippen LogP contribution in [-0.4, -0.2) is 24.1 Å². The van der Waals surface area contributed by atoms with Crippen LogP contribution >= 0.6 is 22.6 Å². The van der Waals surface area contributed by atoms with Gasteiger partial charge in [0.2, 0.25) is 0 Å². The van der Waals surface area contributed by atoms with E-state index in [2.05, 4.69) is 34.8 Å². The Balaban J connectivity index is 2.31. The van der Waals surface area contributed by atoms with Crippen LogP contribution in [0.4, 0.5) is 5.82 Å². The molecule has 1 aliphatic carbocycles. The Hall–Kier alpha value is -0.430. The van der Waals surface area contributed by atoms with Gasteiger partial charge in [-0.15, -0.1) is 0 Å². The molecule has 0 aliphatic heterocycles. The van der Waals surface area contributed by atoms with Gasteiger partial charge in [0, 0.05) is 20.1 Å². The normalized spacial score (nSPS) is 23.4. The molecular weight excluding hydrogens is 353 g/mol. The van der Waals surface area contributed by atoms with Gasteiger partial charge < -0.3 is 10.1 Å². The predicted molar refractivity (Wildman–Crippen MR) is 85.4 cm³/mol. The second kappa shape index (κ2) is 6.83. The zero-order valence-corrected chi connectivity index (χ0v) is 14.0. The van der Waals surface area contributed by atoms with Gasteiger partial charge in [0.05, 0.1) is 15.9 Å². The summed E-state index contributed by atoms with van der Waals surface area (Å²) in [5.41, 5.74) is 0.996. The molecule has 1 heterocycles. The summed E-state index contributed by atoms with van der Waals surface area (Å²) >= 11 is 2.29. The first-order valence-electron chi connectivity index (χ1n) is 6.88. The fourth-order valence-electron chi connectivity index (χ4n) is 2.76. The zero-order valence-electron chi connectivity index (χ0n) is 11.9. The minimum Gasteiger partial charge on any atom is -0.378 e. The molecule has 1 aliphatic rings. The molecule has 0 spiro atoms. The van der Waals surface area contributed by atoms with E-state index in [4.69, 9.17) is 14.7 Å². The number of nitrogens with one attached hydrogen (secondary N) is 1. The third-order valence-electron chi connectivity index (χ3n) is 3.76. The number of halogens is 1. The molecular formula is C14H22IN3O. The van der Waals surface area contributed by atoms with Crippen LogP contribution in [-0.2, 0) is 11.3 Å². The maximum absolute atomic E-state index is 5.25. The number of aromatic nitrogens is 2. The molecule has 0 radical (unpaired) electrons. The Morgan fingerprint density at radius 1 is 1.37 bits per heavy atom. The Morgan fingerprint density at radius 2 is 2.16 bits per heavy atom. The second-order valence-electron chi connectivity index (χ2n) is 5.34. The number of rotatable bonds is 4. The van der Waals surface area contributed by atoms with Gasteiger partial charge in [-0.2, -0.15) is 0 Å². The number of hydrogen-bond acceptors (Lipinski definition) is 4. The van der Waals surface area contributed by atoms with E-state index in [0.717, 1.165) is 26.8 Å². The Labute approximate surface area is 128 Å². The summed E-state index contributed by atoms with van der Waals surface area (Å²) in [7, 11) is 3.62. The molecule has 1 N–H and O–H groups in total. The van der Waals surface area contributed by atoms with E-state index < -0.39 is 0 Å². The number of hydrogen-bond donors (Lipinski definition) is 1. The van der Waals surface area contributed by atoms with Gasteiger partial charge in [-0.3, -0.25) is 0 Å². The largest absolute Gasteiger partial charge is 0.378 e. The van der Waals surface area contributed by atoms with Crippen LogP contribution in [0.3, 0.4) is 0 Å². The van der Waals surface area contributed by atoms with Crippen LogP contribution in [0.2, 0.25) is 0 Å². The van der Waals surface area contributed by atoms with E-state index >= 15 is 0 Å². The first-order chi connectivity index (χ1) is 9.15. The summed E-state index contributed by atoms with van der Waals surface area (Å²) in [5, 5.41) is 3.17. The lowest BCUT2D eigenvalue weighted by atomic mass is 9.82. The van der Waals surface area contributed by atoms with E-state index in [1.807, 2.05) is 7.05 Å². The SMILES string of the molecule is CNc1nc(C2CCCC(C)C2)nc(COC)c1I. The fourth-order valence-corrected chi connectivity index (χ4v) is 3.43. The highest BCUT2D eigenvalue weighted by Gasteiger charge is 2.24. The highest BCUT2D eigenvalue weighted by atomic mass is 127. The number of ether oxygens (including phenoxy) is 1. The fraction of sp³-hybridized carbons (Fsp3) is 0.714. The van der Waals surface area contributed by atoms with Gasteiger partial charge in [-0.1, -0.05) is 19.8 Å². The monoisotopic (exact) mass is 375 g/mol. The van der Waals surface area contributed by atoms with Crippen molar-refractivity contribution in [1.29, 1.82) is 0 Å². The number of nitrogens with zero attached hydrogens (tertiary/aromatic N) is 2. The van der Waals surface area contributed by atoms with E-state index in [-0.39, 0.29) is 0 Å². The molecule has 5 heteroatoms. The molecule has 0 amide bonds. The van der Waals surface area contributed by atoms with Crippen LogP contribution < -0.4 is 5.32 Å². The summed E-state index contributed by atoms with van der Waals surface area (Å²) in [6, 6.07) is 0. The Bertz CT molecular complexity index is 439. The summed E-state index contributed by atoms with van der Waals surface area (Å²) < 4.78 is 6.31. The molecule has 0 aromatic carbocycles. The Kier molecular flexibility index (Phi) is 5.38. The van der Waals surface area contributed by atoms with Crippen LogP contribution in [0.5, 0.6) is 0 Å². The first kappa shape index (κ1) is 15.0. The van der Waals surface area contributed by atoms with Crippen molar-refractivity contribution in [2.45, 2.75) is 45.1 Å². The van der Waals surface area contributed by atoms with E-state index in [0.29, 0.717) is 12.5 Å². The van der Waals surface area contributed by atoms with Gasteiger partial charge in [0.15, 0.2) is 0 Å². The van der Waals surface area contributed by atoms with Crippen molar-refractivity contribution in [3.63, 3.8) is 0 Å². The molecule has 2 unspecified atom stereocenters. The lowest BCUT2D eigenvalue weighted by Crippen LogP contribution is -2.17. The van der Waals surface area contributed by atoms with Crippen molar-refractivity contribution < 1.29 is 4.74 Å². The molecule has 1 saturated carbocycles. The third kappa shape index (κ3) is 3.56. The molecule has 0 saturated heterocycles. The average molecular weight is 375 g/mol. The van der Waals surface area contributed by atoms with Crippen LogP contribution in [0.25, 0.3) is 0 Å². The van der Waals surface area contributed by atoms with Gasteiger partial charge >= 0.3 is 0 Å². The topological polar surface area (TPSA) is 47.0 Å². The minimum absolute atomic E-state index is 0.503. The van der Waals surface area contributed by atoms with Gasteiger partial charge in [0.1, 0.15) is 11.6 Å². The molecule has 106 valence electrons. The lowest BCUT2D eigenvalue weighted by Gasteiger charge is -2.26. The first-order valence-corrected chi connectivity index (χ1v) is 7.96. The predicted octanol–water partition coefficient (Wildman–Crippen LogP) is 3.56. The number of methoxy groups -OCH3 is 1. The summed E-state index contributed by atoms with van der Waals surface area (Å²) in [6.45, 7) is 2.87. The quantitative estimate of drug-likeness (QED) is 0.818. The van der Waals surface area contributed by atoms with Crippen molar-refractivity contribution in [3.8, 4) is 0 Å². The highest BCUT2D eigenvalue weighted by molar-refractivity contribution is 14.1. The van der Waals surface area contributed by atoms with Crippen molar-refractivity contribution >= 4 is 28.4 Å². The molecule has 1 aromatic rings. The van der Waals surface area contributed by atoms with Crippen molar-refractivity contribution in [2.75, 3.05) is 19.5 Å². The van der Waals surface area contributed by atoms with Crippen LogP contribution in [0.15, 0.2) is 0 Å². The lowest BCUT2D eigenvalue weighted by molar-refractivity contribution is 0.180. The molecule has 2 atom stereocenters. The van der Waals surface area contributed by atoms with Crippen molar-refractivity contribution in [2.24, 2.45) is 5.92 Å². The van der Waals surface area contributed by atoms with Crippen LogP contribution in [0, 0.1) is 9.49 Å². The maximum Gasteiger partial charge on any atom is 0.143 e. The summed E-state index contributed by atoms with van der Waals surface area (Å²) in [4.78, 5) is 9.45. The van der Waals surface area contributed by atoms with Crippen molar-refractivity contribution in [3.05, 3.63) is 15.1 Å². The summed E-state index contributed by atoms with van der Waals surface area (Å²) in [6.07, 6.45) is 5.04. The van der Waals surface area contributed by atoms with E-state index in [1.165, 1.54) is 25.7 Å². The van der Waals surface area contributed by atoms with Crippen LogP contribution in [0.1, 0.15) is 50.0 Å². The maximum atomic E-state index is 5.25. The zero-order chi connectivity index (χ0) is 13.8. The minimum atomic E-state index is 0.503. The Morgan fingerprint density at radius 3 is 2.79 bits per heavy atom.